The summed E-state index contributed by atoms with van der Waals surface area (Å²) in [7, 11) is 3.96. The van der Waals surface area contributed by atoms with E-state index in [9.17, 15) is 0 Å². The highest BCUT2D eigenvalue weighted by molar-refractivity contribution is 6.30. The molecule has 0 aliphatic rings. The molecule has 3 rings (SSSR count). The first-order valence-electron chi connectivity index (χ1n) is 7.50. The van der Waals surface area contributed by atoms with Gasteiger partial charge in [0.2, 0.25) is 0 Å². The number of hydrogen-bond acceptors (Lipinski definition) is 3. The molecule has 0 aliphatic heterocycles. The third-order valence-corrected chi connectivity index (χ3v) is 4.32. The van der Waals surface area contributed by atoms with Gasteiger partial charge in [-0.1, -0.05) is 23.7 Å². The molecule has 0 fully saturated rings. The zero-order valence-corrected chi connectivity index (χ0v) is 14.2. The molecule has 1 atom stereocenters. The smallest absolute Gasteiger partial charge is 0.130 e. The first-order chi connectivity index (χ1) is 11.1. The number of imidazole rings is 1. The van der Waals surface area contributed by atoms with Gasteiger partial charge in [-0.2, -0.15) is 5.10 Å². The van der Waals surface area contributed by atoms with Crippen LogP contribution in [0.5, 0.6) is 0 Å². The molecule has 1 unspecified atom stereocenters. The fourth-order valence-electron chi connectivity index (χ4n) is 2.69. The molecular weight excluding hydrogens is 310 g/mol. The highest BCUT2D eigenvalue weighted by atomic mass is 35.5. The second kappa shape index (κ2) is 6.56. The standard InChI is InChI=1S/C17H20ClN5/c1-12-10-21-23(3)15(12)11-20-16(17-19-8-9-22(17)2)13-4-6-14(18)7-5-13/h4-10,16,20H,11H2,1-3H3. The van der Waals surface area contributed by atoms with E-state index >= 15 is 0 Å². The molecule has 23 heavy (non-hydrogen) atoms. The van der Waals surface area contributed by atoms with Crippen LogP contribution in [-0.4, -0.2) is 19.3 Å². The fraction of sp³-hybridized carbons (Fsp3) is 0.294. The van der Waals surface area contributed by atoms with Gasteiger partial charge in [-0.15, -0.1) is 0 Å². The predicted molar refractivity (Wildman–Crippen MR) is 91.3 cm³/mol. The third-order valence-electron chi connectivity index (χ3n) is 4.06. The number of nitrogens with one attached hydrogen (secondary N) is 1. The highest BCUT2D eigenvalue weighted by Crippen LogP contribution is 2.23. The lowest BCUT2D eigenvalue weighted by Crippen LogP contribution is -2.26. The number of halogens is 1. The van der Waals surface area contributed by atoms with Crippen LogP contribution >= 0.6 is 11.6 Å². The van der Waals surface area contributed by atoms with Crippen molar-refractivity contribution in [2.75, 3.05) is 0 Å². The van der Waals surface area contributed by atoms with Crippen molar-refractivity contribution in [1.29, 1.82) is 0 Å². The van der Waals surface area contributed by atoms with Gasteiger partial charge < -0.3 is 4.57 Å². The van der Waals surface area contributed by atoms with E-state index in [0.29, 0.717) is 6.54 Å². The predicted octanol–water partition coefficient (Wildman–Crippen LogP) is 2.99. The van der Waals surface area contributed by atoms with Crippen LogP contribution in [0.15, 0.2) is 42.9 Å². The quantitative estimate of drug-likeness (QED) is 0.782. The van der Waals surface area contributed by atoms with Crippen molar-refractivity contribution < 1.29 is 0 Å². The lowest BCUT2D eigenvalue weighted by atomic mass is 10.1. The largest absolute Gasteiger partial charge is 0.336 e. The van der Waals surface area contributed by atoms with Gasteiger partial charge in [0.05, 0.1) is 17.9 Å². The Morgan fingerprint density at radius 1 is 1.22 bits per heavy atom. The number of benzene rings is 1. The molecule has 5 nitrogen and oxygen atoms in total. The van der Waals surface area contributed by atoms with E-state index in [-0.39, 0.29) is 6.04 Å². The Morgan fingerprint density at radius 3 is 2.52 bits per heavy atom. The Hall–Kier alpha value is -2.11. The van der Waals surface area contributed by atoms with Crippen LogP contribution in [0.1, 0.15) is 28.7 Å². The minimum absolute atomic E-state index is 0.0124. The van der Waals surface area contributed by atoms with Crippen LogP contribution in [-0.2, 0) is 20.6 Å². The van der Waals surface area contributed by atoms with E-state index in [1.807, 2.05) is 66.2 Å². The fourth-order valence-corrected chi connectivity index (χ4v) is 2.82. The van der Waals surface area contributed by atoms with Crippen molar-refractivity contribution >= 4 is 11.6 Å². The zero-order chi connectivity index (χ0) is 16.4. The lowest BCUT2D eigenvalue weighted by Gasteiger charge is -2.19. The van der Waals surface area contributed by atoms with Crippen LogP contribution in [0.4, 0.5) is 0 Å². The molecular formula is C17H20ClN5. The molecule has 1 N–H and O–H groups in total. The third kappa shape index (κ3) is 3.30. The summed E-state index contributed by atoms with van der Waals surface area (Å²) in [5.74, 6) is 0.965. The maximum absolute atomic E-state index is 6.02. The summed E-state index contributed by atoms with van der Waals surface area (Å²) in [6.07, 6.45) is 5.65. The summed E-state index contributed by atoms with van der Waals surface area (Å²) in [4.78, 5) is 4.50. The minimum Gasteiger partial charge on any atom is -0.336 e. The van der Waals surface area contributed by atoms with Gasteiger partial charge >= 0.3 is 0 Å². The Kier molecular flexibility index (Phi) is 4.50. The molecule has 0 amide bonds. The van der Waals surface area contributed by atoms with Gasteiger partial charge in [-0.25, -0.2) is 4.98 Å². The average Bonchev–Trinajstić information content (AvgIpc) is 3.09. The monoisotopic (exact) mass is 329 g/mol. The molecule has 0 saturated carbocycles. The molecule has 0 saturated heterocycles. The number of aromatic nitrogens is 4. The summed E-state index contributed by atoms with van der Waals surface area (Å²) >= 11 is 6.02. The van der Waals surface area contributed by atoms with E-state index in [1.165, 1.54) is 5.56 Å². The molecule has 120 valence electrons. The van der Waals surface area contributed by atoms with E-state index in [1.54, 1.807) is 0 Å². The maximum atomic E-state index is 6.02. The zero-order valence-electron chi connectivity index (χ0n) is 13.5. The molecule has 0 radical (unpaired) electrons. The van der Waals surface area contributed by atoms with E-state index in [4.69, 9.17) is 11.6 Å². The molecule has 1 aromatic carbocycles. The molecule has 0 bridgehead atoms. The second-order valence-corrected chi connectivity index (χ2v) is 6.10. The summed E-state index contributed by atoms with van der Waals surface area (Å²) < 4.78 is 3.93. The summed E-state index contributed by atoms with van der Waals surface area (Å²) in [6.45, 7) is 2.78. The van der Waals surface area contributed by atoms with Crippen molar-refractivity contribution in [3.05, 3.63) is 70.5 Å². The van der Waals surface area contributed by atoms with E-state index < -0.39 is 0 Å². The SMILES string of the molecule is Cc1cnn(C)c1CNC(c1ccc(Cl)cc1)c1nccn1C. The van der Waals surface area contributed by atoms with E-state index in [0.717, 1.165) is 22.1 Å². The Morgan fingerprint density at radius 2 is 1.96 bits per heavy atom. The van der Waals surface area contributed by atoms with Gasteiger partial charge in [0.1, 0.15) is 5.82 Å². The Balaban J connectivity index is 1.90. The lowest BCUT2D eigenvalue weighted by molar-refractivity contribution is 0.536. The molecule has 2 heterocycles. The Bertz CT molecular complexity index is 768. The normalized spacial score (nSPS) is 12.5. The van der Waals surface area contributed by atoms with Gasteiger partial charge in [0, 0.05) is 38.1 Å². The van der Waals surface area contributed by atoms with Crippen molar-refractivity contribution in [3.8, 4) is 0 Å². The number of aryl methyl sites for hydroxylation is 3. The number of rotatable bonds is 5. The minimum atomic E-state index is -0.0124. The highest BCUT2D eigenvalue weighted by Gasteiger charge is 2.19. The molecule has 0 spiro atoms. The van der Waals surface area contributed by atoms with Crippen LogP contribution in [0.2, 0.25) is 5.02 Å². The average molecular weight is 330 g/mol. The van der Waals surface area contributed by atoms with Crippen molar-refractivity contribution in [3.63, 3.8) is 0 Å². The first-order valence-corrected chi connectivity index (χ1v) is 7.87. The topological polar surface area (TPSA) is 47.7 Å². The maximum Gasteiger partial charge on any atom is 0.130 e. The van der Waals surface area contributed by atoms with Crippen molar-refractivity contribution in [1.82, 2.24) is 24.6 Å². The molecule has 2 aromatic heterocycles. The summed E-state index contributed by atoms with van der Waals surface area (Å²) in [5.41, 5.74) is 3.47. The van der Waals surface area contributed by atoms with Crippen molar-refractivity contribution in [2.24, 2.45) is 14.1 Å². The number of hydrogen-bond donors (Lipinski definition) is 1. The number of nitrogens with zero attached hydrogens (tertiary/aromatic N) is 4. The van der Waals surface area contributed by atoms with Gasteiger partial charge in [-0.05, 0) is 30.2 Å². The van der Waals surface area contributed by atoms with Crippen molar-refractivity contribution in [2.45, 2.75) is 19.5 Å². The molecule has 0 aliphatic carbocycles. The van der Waals surface area contributed by atoms with Crippen LogP contribution in [0, 0.1) is 6.92 Å². The van der Waals surface area contributed by atoms with E-state index in [2.05, 4.69) is 22.3 Å². The first kappa shape index (κ1) is 15.8. The van der Waals surface area contributed by atoms with Crippen LogP contribution < -0.4 is 5.32 Å². The molecule has 6 heteroatoms. The Labute approximate surface area is 140 Å². The van der Waals surface area contributed by atoms with Gasteiger partial charge in [-0.3, -0.25) is 10.00 Å². The van der Waals surface area contributed by atoms with Gasteiger partial charge in [0.15, 0.2) is 0 Å². The summed E-state index contributed by atoms with van der Waals surface area (Å²) in [6, 6.07) is 7.87. The van der Waals surface area contributed by atoms with Crippen LogP contribution in [0.3, 0.4) is 0 Å². The molecule has 3 aromatic rings. The van der Waals surface area contributed by atoms with Gasteiger partial charge in [0.25, 0.3) is 0 Å². The summed E-state index contributed by atoms with van der Waals surface area (Å²) in [5, 5.41) is 8.62. The van der Waals surface area contributed by atoms with Crippen LogP contribution in [0.25, 0.3) is 0 Å². The second-order valence-electron chi connectivity index (χ2n) is 5.66.